The van der Waals surface area contributed by atoms with Crippen molar-refractivity contribution in [2.45, 2.75) is 12.6 Å². The van der Waals surface area contributed by atoms with Crippen LogP contribution < -0.4 is 10.6 Å². The van der Waals surface area contributed by atoms with Crippen molar-refractivity contribution >= 4 is 11.6 Å². The molecule has 0 heterocycles. The Morgan fingerprint density at radius 3 is 2.72 bits per heavy atom. The highest BCUT2D eigenvalue weighted by Crippen LogP contribution is 2.17. The van der Waals surface area contributed by atoms with E-state index in [9.17, 15) is 14.9 Å². The average molecular weight is 253 g/mol. The van der Waals surface area contributed by atoms with Crippen LogP contribution in [0.1, 0.15) is 5.56 Å². The summed E-state index contributed by atoms with van der Waals surface area (Å²) >= 11 is 0. The second-order valence-corrected chi connectivity index (χ2v) is 3.62. The van der Waals surface area contributed by atoms with E-state index in [-0.39, 0.29) is 24.7 Å². The first-order valence-electron chi connectivity index (χ1n) is 5.38. The number of nitro groups is 1. The molecule has 0 saturated heterocycles. The summed E-state index contributed by atoms with van der Waals surface area (Å²) < 4.78 is 0. The molecule has 0 radical (unpaired) electrons. The number of aliphatic hydroxyl groups is 1. The first kappa shape index (κ1) is 14.1. The molecule has 0 aliphatic rings. The molecule has 7 heteroatoms. The smallest absolute Gasteiger partial charge is 0.273 e. The number of carbonyl (C=O) groups excluding carboxylic acids is 1. The molecular weight excluding hydrogens is 238 g/mol. The molecule has 1 amide bonds. The number of nitro benzene ring substituents is 1. The predicted molar refractivity (Wildman–Crippen MR) is 64.9 cm³/mol. The normalized spacial score (nSPS) is 11.9. The zero-order valence-corrected chi connectivity index (χ0v) is 9.92. The molecule has 0 saturated carbocycles. The van der Waals surface area contributed by atoms with Crippen molar-refractivity contribution in [1.29, 1.82) is 0 Å². The van der Waals surface area contributed by atoms with Crippen LogP contribution in [-0.2, 0) is 11.3 Å². The quantitative estimate of drug-likeness (QED) is 0.480. The molecule has 1 aromatic rings. The van der Waals surface area contributed by atoms with Crippen LogP contribution in [0.4, 0.5) is 5.69 Å². The zero-order valence-electron chi connectivity index (χ0n) is 9.92. The van der Waals surface area contributed by atoms with E-state index in [2.05, 4.69) is 10.6 Å². The van der Waals surface area contributed by atoms with Gasteiger partial charge in [0.15, 0.2) is 0 Å². The van der Waals surface area contributed by atoms with Crippen LogP contribution in [-0.4, -0.2) is 35.6 Å². The molecule has 7 nitrogen and oxygen atoms in total. The van der Waals surface area contributed by atoms with Crippen LogP contribution in [0.25, 0.3) is 0 Å². The summed E-state index contributed by atoms with van der Waals surface area (Å²) in [4.78, 5) is 21.6. The Balaban J connectivity index is 2.73. The number of amides is 1. The minimum atomic E-state index is -0.783. The number of para-hydroxylation sites is 1. The number of benzene rings is 1. The fraction of sp³-hybridized carbons (Fsp3) is 0.364. The molecule has 1 atom stereocenters. The Kier molecular flexibility index (Phi) is 5.22. The van der Waals surface area contributed by atoms with Crippen molar-refractivity contribution < 1.29 is 14.8 Å². The summed E-state index contributed by atoms with van der Waals surface area (Å²) in [5.74, 6) is -0.365. The molecule has 18 heavy (non-hydrogen) atoms. The van der Waals surface area contributed by atoms with Gasteiger partial charge in [-0.05, 0) is 0 Å². The number of aliphatic hydroxyl groups excluding tert-OH is 1. The summed E-state index contributed by atoms with van der Waals surface area (Å²) in [6.45, 7) is -0.240. The van der Waals surface area contributed by atoms with Crippen LogP contribution in [0.2, 0.25) is 0 Å². The summed E-state index contributed by atoms with van der Waals surface area (Å²) in [6, 6.07) is 5.46. The molecule has 0 bridgehead atoms. The lowest BCUT2D eigenvalue weighted by atomic mass is 10.1. The van der Waals surface area contributed by atoms with Crippen molar-refractivity contribution in [3.8, 4) is 0 Å². The number of nitrogens with one attached hydrogen (secondary N) is 2. The first-order valence-corrected chi connectivity index (χ1v) is 5.38. The van der Waals surface area contributed by atoms with Crippen LogP contribution in [0, 0.1) is 10.1 Å². The number of likely N-dealkylation sites (N-methyl/N-ethyl adjacent to an activating group) is 1. The van der Waals surface area contributed by atoms with Gasteiger partial charge in [-0.15, -0.1) is 0 Å². The van der Waals surface area contributed by atoms with Crippen LogP contribution >= 0.6 is 0 Å². The van der Waals surface area contributed by atoms with Crippen molar-refractivity contribution in [1.82, 2.24) is 10.6 Å². The van der Waals surface area contributed by atoms with Gasteiger partial charge in [0, 0.05) is 25.2 Å². The van der Waals surface area contributed by atoms with Crippen molar-refractivity contribution in [3.63, 3.8) is 0 Å². The Bertz CT molecular complexity index is 436. The molecule has 0 spiro atoms. The highest BCUT2D eigenvalue weighted by Gasteiger charge is 2.18. The molecule has 0 aliphatic carbocycles. The van der Waals surface area contributed by atoms with Crippen molar-refractivity contribution in [2.75, 3.05) is 13.7 Å². The fourth-order valence-electron chi connectivity index (χ4n) is 1.49. The monoisotopic (exact) mass is 253 g/mol. The van der Waals surface area contributed by atoms with Gasteiger partial charge in [-0.3, -0.25) is 20.2 Å². The standard InChI is InChI=1S/C11H15N3O4/c1-12-11(16)9(7-15)13-6-8-4-2-3-5-10(8)14(17)18/h2-5,9,13,15H,6-7H2,1H3,(H,12,16)/t9-/m0/s1. The third-order valence-corrected chi connectivity index (χ3v) is 2.47. The minimum Gasteiger partial charge on any atom is -0.394 e. The highest BCUT2D eigenvalue weighted by molar-refractivity contribution is 5.81. The highest BCUT2D eigenvalue weighted by atomic mass is 16.6. The molecule has 0 aromatic heterocycles. The third kappa shape index (κ3) is 3.51. The summed E-state index contributed by atoms with van der Waals surface area (Å²) in [6.07, 6.45) is 0. The molecule has 1 aromatic carbocycles. The molecular formula is C11H15N3O4. The minimum absolute atomic E-state index is 0.0152. The maximum absolute atomic E-state index is 11.3. The van der Waals surface area contributed by atoms with E-state index in [0.29, 0.717) is 5.56 Å². The number of hydrogen-bond donors (Lipinski definition) is 3. The Morgan fingerprint density at radius 2 is 2.17 bits per heavy atom. The Morgan fingerprint density at radius 1 is 1.50 bits per heavy atom. The van der Waals surface area contributed by atoms with E-state index in [1.165, 1.54) is 13.1 Å². The SMILES string of the molecule is CNC(=O)[C@H](CO)NCc1ccccc1[N+](=O)[O-]. The Hall–Kier alpha value is -1.99. The lowest BCUT2D eigenvalue weighted by molar-refractivity contribution is -0.385. The van der Waals surface area contributed by atoms with E-state index in [0.717, 1.165) is 0 Å². The first-order chi connectivity index (χ1) is 8.60. The number of nitrogens with zero attached hydrogens (tertiary/aromatic N) is 1. The molecule has 98 valence electrons. The Labute approximate surface area is 104 Å². The van der Waals surface area contributed by atoms with E-state index < -0.39 is 11.0 Å². The van der Waals surface area contributed by atoms with Gasteiger partial charge < -0.3 is 10.4 Å². The van der Waals surface area contributed by atoms with Gasteiger partial charge in [0.25, 0.3) is 5.69 Å². The van der Waals surface area contributed by atoms with Gasteiger partial charge in [0.1, 0.15) is 6.04 Å². The van der Waals surface area contributed by atoms with E-state index >= 15 is 0 Å². The second-order valence-electron chi connectivity index (χ2n) is 3.62. The van der Waals surface area contributed by atoms with Crippen LogP contribution in [0.15, 0.2) is 24.3 Å². The topological polar surface area (TPSA) is 104 Å². The number of rotatable bonds is 6. The van der Waals surface area contributed by atoms with E-state index in [1.54, 1.807) is 18.2 Å². The molecule has 3 N–H and O–H groups in total. The lowest BCUT2D eigenvalue weighted by Gasteiger charge is -2.14. The number of hydrogen-bond acceptors (Lipinski definition) is 5. The maximum atomic E-state index is 11.3. The maximum Gasteiger partial charge on any atom is 0.273 e. The van der Waals surface area contributed by atoms with Gasteiger partial charge in [-0.25, -0.2) is 0 Å². The van der Waals surface area contributed by atoms with Crippen LogP contribution in [0.5, 0.6) is 0 Å². The summed E-state index contributed by atoms with van der Waals surface area (Å²) in [5, 5.41) is 25.0. The third-order valence-electron chi connectivity index (χ3n) is 2.47. The second kappa shape index (κ2) is 6.67. The van der Waals surface area contributed by atoms with Gasteiger partial charge >= 0.3 is 0 Å². The van der Waals surface area contributed by atoms with Crippen molar-refractivity contribution in [2.24, 2.45) is 0 Å². The van der Waals surface area contributed by atoms with Crippen LogP contribution in [0.3, 0.4) is 0 Å². The lowest BCUT2D eigenvalue weighted by Crippen LogP contribution is -2.45. The van der Waals surface area contributed by atoms with Gasteiger partial charge in [0.05, 0.1) is 11.5 Å². The summed E-state index contributed by atoms with van der Waals surface area (Å²) in [7, 11) is 1.46. The van der Waals surface area contributed by atoms with Gasteiger partial charge in [0.2, 0.25) is 5.91 Å². The predicted octanol–water partition coefficient (Wildman–Crippen LogP) is -0.209. The average Bonchev–Trinajstić information content (AvgIpc) is 2.39. The van der Waals surface area contributed by atoms with Crippen molar-refractivity contribution in [3.05, 3.63) is 39.9 Å². The largest absolute Gasteiger partial charge is 0.394 e. The molecule has 1 rings (SSSR count). The molecule has 0 unspecified atom stereocenters. The summed E-state index contributed by atoms with van der Waals surface area (Å²) in [5.41, 5.74) is 0.448. The number of carbonyl (C=O) groups is 1. The van der Waals surface area contributed by atoms with E-state index in [4.69, 9.17) is 5.11 Å². The zero-order chi connectivity index (χ0) is 13.5. The fourth-order valence-corrected chi connectivity index (χ4v) is 1.49. The molecule has 0 aliphatic heterocycles. The molecule has 0 fully saturated rings. The van der Waals surface area contributed by atoms with Gasteiger partial charge in [-0.1, -0.05) is 18.2 Å². The van der Waals surface area contributed by atoms with Gasteiger partial charge in [-0.2, -0.15) is 0 Å². The van der Waals surface area contributed by atoms with E-state index in [1.807, 2.05) is 0 Å².